The zero-order valence-corrected chi connectivity index (χ0v) is 17.8. The molecule has 2 aromatic carbocycles. The van der Waals surface area contributed by atoms with Crippen LogP contribution < -0.4 is 0 Å². The van der Waals surface area contributed by atoms with Gasteiger partial charge in [0.05, 0.1) is 0 Å². The largest absolute Gasteiger partial charge is 0.339 e. The van der Waals surface area contributed by atoms with Gasteiger partial charge in [0.1, 0.15) is 0 Å². The normalized spacial score (nSPS) is 15.5. The van der Waals surface area contributed by atoms with Crippen molar-refractivity contribution < 1.29 is 17.7 Å². The summed E-state index contributed by atoms with van der Waals surface area (Å²) in [6.07, 6.45) is 1.58. The number of aromatic nitrogens is 2. The SMILES string of the molecule is Cc1nc(-c2ccc(C(=O)N3CCN(S(=O)(=O)/C=C/c4ccccc4)CC3)cc2)no1. The van der Waals surface area contributed by atoms with Crippen LogP contribution in [0.4, 0.5) is 0 Å². The van der Waals surface area contributed by atoms with Gasteiger partial charge >= 0.3 is 0 Å². The van der Waals surface area contributed by atoms with Gasteiger partial charge in [-0.3, -0.25) is 4.79 Å². The third kappa shape index (κ3) is 4.89. The lowest BCUT2D eigenvalue weighted by Gasteiger charge is -2.33. The Balaban J connectivity index is 1.37. The van der Waals surface area contributed by atoms with E-state index in [9.17, 15) is 13.2 Å². The van der Waals surface area contributed by atoms with Crippen molar-refractivity contribution in [3.63, 3.8) is 0 Å². The molecule has 1 aromatic heterocycles. The minimum atomic E-state index is -3.54. The number of rotatable bonds is 5. The van der Waals surface area contributed by atoms with E-state index < -0.39 is 10.0 Å². The highest BCUT2D eigenvalue weighted by Crippen LogP contribution is 2.18. The highest BCUT2D eigenvalue weighted by atomic mass is 32.2. The van der Waals surface area contributed by atoms with Gasteiger partial charge < -0.3 is 9.42 Å². The van der Waals surface area contributed by atoms with Gasteiger partial charge in [-0.05, 0) is 23.8 Å². The molecule has 0 spiro atoms. The third-order valence-electron chi connectivity index (χ3n) is 5.04. The summed E-state index contributed by atoms with van der Waals surface area (Å²) in [7, 11) is -3.54. The summed E-state index contributed by atoms with van der Waals surface area (Å²) >= 11 is 0. The fourth-order valence-corrected chi connectivity index (χ4v) is 4.49. The molecule has 0 unspecified atom stereocenters. The van der Waals surface area contributed by atoms with Crippen LogP contribution in [0.1, 0.15) is 21.8 Å². The lowest BCUT2D eigenvalue weighted by atomic mass is 10.1. The quantitative estimate of drug-likeness (QED) is 0.608. The molecule has 0 N–H and O–H groups in total. The van der Waals surface area contributed by atoms with Gasteiger partial charge in [-0.1, -0.05) is 47.6 Å². The molecule has 3 aromatic rings. The molecule has 0 bridgehead atoms. The fourth-order valence-electron chi connectivity index (χ4n) is 3.32. The summed E-state index contributed by atoms with van der Waals surface area (Å²) < 4.78 is 31.6. The van der Waals surface area contributed by atoms with E-state index >= 15 is 0 Å². The molecule has 1 aliphatic heterocycles. The summed E-state index contributed by atoms with van der Waals surface area (Å²) in [6.45, 7) is 2.90. The first-order chi connectivity index (χ1) is 14.9. The maximum atomic E-state index is 12.8. The van der Waals surface area contributed by atoms with E-state index in [0.29, 0.717) is 30.4 Å². The van der Waals surface area contributed by atoms with Crippen molar-refractivity contribution >= 4 is 22.0 Å². The molecular weight excluding hydrogens is 416 g/mol. The molecule has 8 nitrogen and oxygen atoms in total. The molecule has 1 fully saturated rings. The molecule has 4 rings (SSSR count). The predicted octanol–water partition coefficient (Wildman–Crippen LogP) is 2.80. The van der Waals surface area contributed by atoms with Crippen LogP contribution in [-0.2, 0) is 10.0 Å². The van der Waals surface area contributed by atoms with Gasteiger partial charge in [-0.25, -0.2) is 8.42 Å². The van der Waals surface area contributed by atoms with Crippen LogP contribution in [0.3, 0.4) is 0 Å². The molecule has 31 heavy (non-hydrogen) atoms. The number of piperazine rings is 1. The number of amides is 1. The van der Waals surface area contributed by atoms with E-state index in [1.807, 2.05) is 30.3 Å². The Hall–Kier alpha value is -3.30. The first kappa shape index (κ1) is 21.0. The molecule has 0 radical (unpaired) electrons. The van der Waals surface area contributed by atoms with Gasteiger partial charge in [-0.15, -0.1) is 0 Å². The molecule has 2 heterocycles. The Morgan fingerprint density at radius 2 is 1.68 bits per heavy atom. The van der Waals surface area contributed by atoms with Gasteiger partial charge in [0.2, 0.25) is 21.7 Å². The Kier molecular flexibility index (Phi) is 5.97. The van der Waals surface area contributed by atoms with Crippen molar-refractivity contribution in [3.05, 3.63) is 77.0 Å². The number of sulfonamides is 1. The van der Waals surface area contributed by atoms with Crippen molar-refractivity contribution in [2.45, 2.75) is 6.92 Å². The Labute approximate surface area is 180 Å². The zero-order valence-electron chi connectivity index (χ0n) is 17.0. The fraction of sp³-hybridized carbons (Fsp3) is 0.227. The maximum absolute atomic E-state index is 12.8. The average Bonchev–Trinajstić information content (AvgIpc) is 3.24. The second-order valence-electron chi connectivity index (χ2n) is 7.16. The number of carbonyl (C=O) groups is 1. The standard InChI is InChI=1S/C22H22N4O4S/c1-17-23-21(24-30-17)19-7-9-20(10-8-19)22(27)25-12-14-26(15-13-25)31(28,29)16-11-18-5-3-2-4-6-18/h2-11,16H,12-15H2,1H3/b16-11+. The Morgan fingerprint density at radius 3 is 2.29 bits per heavy atom. The molecular formula is C22H22N4O4S. The van der Waals surface area contributed by atoms with Crippen LogP contribution in [0.15, 0.2) is 64.5 Å². The summed E-state index contributed by atoms with van der Waals surface area (Å²) in [5.41, 5.74) is 2.11. The van der Waals surface area contributed by atoms with Gasteiger partial charge in [0.25, 0.3) is 5.91 Å². The average molecular weight is 439 g/mol. The first-order valence-corrected chi connectivity index (χ1v) is 11.4. The number of benzene rings is 2. The van der Waals surface area contributed by atoms with Gasteiger partial charge in [0, 0.05) is 49.6 Å². The third-order valence-corrected chi connectivity index (χ3v) is 6.60. The Morgan fingerprint density at radius 1 is 1.00 bits per heavy atom. The molecule has 0 atom stereocenters. The molecule has 1 saturated heterocycles. The van der Waals surface area contributed by atoms with Crippen LogP contribution >= 0.6 is 0 Å². The second kappa shape index (κ2) is 8.83. The van der Waals surface area contributed by atoms with Gasteiger partial charge in [0.15, 0.2) is 0 Å². The molecule has 0 saturated carbocycles. The molecule has 1 amide bonds. The topological polar surface area (TPSA) is 96.6 Å². The monoisotopic (exact) mass is 438 g/mol. The van der Waals surface area contributed by atoms with Crippen LogP contribution in [0.25, 0.3) is 17.5 Å². The van der Waals surface area contributed by atoms with E-state index in [2.05, 4.69) is 10.1 Å². The number of nitrogens with zero attached hydrogens (tertiary/aromatic N) is 4. The van der Waals surface area contributed by atoms with Crippen molar-refractivity contribution in [1.29, 1.82) is 0 Å². The number of hydrogen-bond acceptors (Lipinski definition) is 6. The highest BCUT2D eigenvalue weighted by molar-refractivity contribution is 7.92. The summed E-state index contributed by atoms with van der Waals surface area (Å²) in [5, 5.41) is 5.09. The number of hydrogen-bond donors (Lipinski definition) is 0. The van der Waals surface area contributed by atoms with Crippen molar-refractivity contribution in [2.24, 2.45) is 0 Å². The van der Waals surface area contributed by atoms with Crippen molar-refractivity contribution in [3.8, 4) is 11.4 Å². The van der Waals surface area contributed by atoms with Crippen molar-refractivity contribution in [2.75, 3.05) is 26.2 Å². The van der Waals surface area contributed by atoms with E-state index in [4.69, 9.17) is 4.52 Å². The predicted molar refractivity (Wildman–Crippen MR) is 116 cm³/mol. The van der Waals surface area contributed by atoms with E-state index in [0.717, 1.165) is 11.1 Å². The zero-order chi connectivity index (χ0) is 21.8. The van der Waals surface area contributed by atoms with Crippen LogP contribution in [-0.4, -0.2) is 59.8 Å². The van der Waals surface area contributed by atoms with Crippen LogP contribution in [0, 0.1) is 6.92 Å². The van der Waals surface area contributed by atoms with E-state index in [1.165, 1.54) is 9.71 Å². The van der Waals surface area contributed by atoms with E-state index in [-0.39, 0.29) is 19.0 Å². The van der Waals surface area contributed by atoms with Crippen LogP contribution in [0.2, 0.25) is 0 Å². The van der Waals surface area contributed by atoms with Crippen LogP contribution in [0.5, 0.6) is 0 Å². The van der Waals surface area contributed by atoms with Crippen molar-refractivity contribution in [1.82, 2.24) is 19.3 Å². The Bertz CT molecular complexity index is 1180. The lowest BCUT2D eigenvalue weighted by Crippen LogP contribution is -2.50. The minimum Gasteiger partial charge on any atom is -0.339 e. The molecule has 1 aliphatic rings. The smallest absolute Gasteiger partial charge is 0.253 e. The lowest BCUT2D eigenvalue weighted by molar-refractivity contribution is 0.0698. The number of aryl methyl sites for hydroxylation is 1. The van der Waals surface area contributed by atoms with Gasteiger partial charge in [-0.2, -0.15) is 9.29 Å². The number of carbonyl (C=O) groups excluding carboxylic acids is 1. The second-order valence-corrected chi connectivity index (χ2v) is 8.98. The summed E-state index contributed by atoms with van der Waals surface area (Å²) in [5.74, 6) is 0.813. The summed E-state index contributed by atoms with van der Waals surface area (Å²) in [4.78, 5) is 18.6. The maximum Gasteiger partial charge on any atom is 0.253 e. The molecule has 9 heteroatoms. The highest BCUT2D eigenvalue weighted by Gasteiger charge is 2.27. The molecule has 0 aliphatic carbocycles. The first-order valence-electron chi connectivity index (χ1n) is 9.86. The summed E-state index contributed by atoms with van der Waals surface area (Å²) in [6, 6.07) is 16.2. The minimum absolute atomic E-state index is 0.132. The van der Waals surface area contributed by atoms with E-state index in [1.54, 1.807) is 42.2 Å². The molecule has 160 valence electrons.